The fourth-order valence-corrected chi connectivity index (χ4v) is 3.86. The summed E-state index contributed by atoms with van der Waals surface area (Å²) in [5.41, 5.74) is 3.28. The lowest BCUT2D eigenvalue weighted by molar-refractivity contribution is 0.313. The highest BCUT2D eigenvalue weighted by Crippen LogP contribution is 2.29. The standard InChI is InChI=1S/C24H23N3O2S/c1-18-12-14-20(15-13-18)27-23(19-8-4-3-5-9-19)25-26-24(27)30-17-16-29-22-11-7-6-10-21(22)28-2/h3-15H,16-17H2,1-2H3. The van der Waals surface area contributed by atoms with Crippen LogP contribution in [0.15, 0.2) is 84.0 Å². The van der Waals surface area contributed by atoms with Gasteiger partial charge in [-0.05, 0) is 31.2 Å². The highest BCUT2D eigenvalue weighted by atomic mass is 32.2. The second-order valence-electron chi connectivity index (χ2n) is 6.69. The molecule has 0 fully saturated rings. The van der Waals surface area contributed by atoms with E-state index in [0.717, 1.165) is 39.5 Å². The number of rotatable bonds is 8. The molecule has 3 aromatic carbocycles. The summed E-state index contributed by atoms with van der Waals surface area (Å²) < 4.78 is 13.3. The smallest absolute Gasteiger partial charge is 0.196 e. The van der Waals surface area contributed by atoms with E-state index in [1.54, 1.807) is 18.9 Å². The highest BCUT2D eigenvalue weighted by molar-refractivity contribution is 7.99. The molecule has 0 aliphatic heterocycles. The number of hydrogen-bond donors (Lipinski definition) is 0. The molecule has 0 spiro atoms. The topological polar surface area (TPSA) is 49.2 Å². The summed E-state index contributed by atoms with van der Waals surface area (Å²) in [5, 5.41) is 9.78. The van der Waals surface area contributed by atoms with E-state index in [4.69, 9.17) is 9.47 Å². The van der Waals surface area contributed by atoms with Crippen LogP contribution in [0.4, 0.5) is 0 Å². The summed E-state index contributed by atoms with van der Waals surface area (Å²) in [6, 6.07) is 26.2. The molecule has 1 heterocycles. The SMILES string of the molecule is COc1ccccc1OCCSc1nnc(-c2ccccc2)n1-c1ccc(C)cc1. The summed E-state index contributed by atoms with van der Waals surface area (Å²) in [7, 11) is 1.64. The lowest BCUT2D eigenvalue weighted by Crippen LogP contribution is -2.04. The van der Waals surface area contributed by atoms with Crippen LogP contribution in [0.25, 0.3) is 17.1 Å². The van der Waals surface area contributed by atoms with E-state index in [2.05, 4.69) is 46.0 Å². The Morgan fingerprint density at radius 2 is 1.53 bits per heavy atom. The quantitative estimate of drug-likeness (QED) is 0.283. The summed E-state index contributed by atoms with van der Waals surface area (Å²) in [6.45, 7) is 2.62. The molecule has 0 amide bonds. The molecule has 4 rings (SSSR count). The Morgan fingerprint density at radius 1 is 0.833 bits per heavy atom. The molecule has 0 atom stereocenters. The molecular weight excluding hydrogens is 394 g/mol. The molecule has 4 aromatic rings. The normalized spacial score (nSPS) is 10.7. The molecule has 5 nitrogen and oxygen atoms in total. The Morgan fingerprint density at radius 3 is 2.27 bits per heavy atom. The first-order valence-corrected chi connectivity index (χ1v) is 10.7. The second kappa shape index (κ2) is 9.50. The molecule has 0 unspecified atom stereocenters. The van der Waals surface area contributed by atoms with Crippen LogP contribution in [0.1, 0.15) is 5.56 Å². The van der Waals surface area contributed by atoms with Gasteiger partial charge in [0, 0.05) is 17.0 Å². The molecule has 0 saturated heterocycles. The monoisotopic (exact) mass is 417 g/mol. The van der Waals surface area contributed by atoms with E-state index < -0.39 is 0 Å². The van der Waals surface area contributed by atoms with E-state index in [1.807, 2.05) is 54.6 Å². The molecular formula is C24H23N3O2S. The summed E-state index contributed by atoms with van der Waals surface area (Å²) in [4.78, 5) is 0. The number of hydrogen-bond acceptors (Lipinski definition) is 5. The van der Waals surface area contributed by atoms with E-state index >= 15 is 0 Å². The molecule has 0 N–H and O–H groups in total. The number of para-hydroxylation sites is 2. The summed E-state index contributed by atoms with van der Waals surface area (Å²) >= 11 is 1.62. The van der Waals surface area contributed by atoms with Gasteiger partial charge in [-0.15, -0.1) is 10.2 Å². The molecule has 0 aliphatic rings. The van der Waals surface area contributed by atoms with Crippen LogP contribution in [0.3, 0.4) is 0 Å². The predicted molar refractivity (Wildman–Crippen MR) is 121 cm³/mol. The van der Waals surface area contributed by atoms with Gasteiger partial charge in [0.2, 0.25) is 0 Å². The van der Waals surface area contributed by atoms with Crippen LogP contribution in [-0.4, -0.2) is 34.2 Å². The number of benzene rings is 3. The third-order valence-corrected chi connectivity index (χ3v) is 5.49. The van der Waals surface area contributed by atoms with Crippen LogP contribution >= 0.6 is 11.8 Å². The van der Waals surface area contributed by atoms with Crippen LogP contribution in [0, 0.1) is 6.92 Å². The van der Waals surface area contributed by atoms with E-state index in [9.17, 15) is 0 Å². The molecule has 0 radical (unpaired) electrons. The second-order valence-corrected chi connectivity index (χ2v) is 7.75. The van der Waals surface area contributed by atoms with Crippen molar-refractivity contribution in [1.82, 2.24) is 14.8 Å². The van der Waals surface area contributed by atoms with Crippen LogP contribution in [-0.2, 0) is 0 Å². The largest absolute Gasteiger partial charge is 0.493 e. The highest BCUT2D eigenvalue weighted by Gasteiger charge is 2.16. The molecule has 30 heavy (non-hydrogen) atoms. The van der Waals surface area contributed by atoms with Gasteiger partial charge in [-0.2, -0.15) is 0 Å². The van der Waals surface area contributed by atoms with Crippen molar-refractivity contribution in [2.45, 2.75) is 12.1 Å². The van der Waals surface area contributed by atoms with Crippen molar-refractivity contribution in [1.29, 1.82) is 0 Å². The molecule has 152 valence electrons. The molecule has 0 aliphatic carbocycles. The first-order valence-electron chi connectivity index (χ1n) is 9.73. The third kappa shape index (κ3) is 4.49. The van der Waals surface area contributed by atoms with E-state index in [1.165, 1.54) is 5.56 Å². The first-order chi connectivity index (χ1) is 14.8. The van der Waals surface area contributed by atoms with Crippen molar-refractivity contribution in [2.75, 3.05) is 19.5 Å². The first kappa shape index (κ1) is 20.0. The van der Waals surface area contributed by atoms with Gasteiger partial charge in [-0.1, -0.05) is 71.9 Å². The van der Waals surface area contributed by atoms with Crippen LogP contribution in [0.2, 0.25) is 0 Å². The van der Waals surface area contributed by atoms with Crippen molar-refractivity contribution < 1.29 is 9.47 Å². The Hall–Kier alpha value is -3.25. The number of nitrogens with zero attached hydrogens (tertiary/aromatic N) is 3. The Bertz CT molecular complexity index is 1100. The van der Waals surface area contributed by atoms with Crippen molar-refractivity contribution >= 4 is 11.8 Å². The minimum absolute atomic E-state index is 0.534. The number of ether oxygens (including phenoxy) is 2. The predicted octanol–water partition coefficient (Wildman–Crippen LogP) is 5.42. The number of aromatic nitrogens is 3. The molecule has 0 bridgehead atoms. The number of aryl methyl sites for hydroxylation is 1. The van der Waals surface area contributed by atoms with Gasteiger partial charge in [-0.25, -0.2) is 0 Å². The minimum atomic E-state index is 0.534. The fourth-order valence-electron chi connectivity index (χ4n) is 3.09. The van der Waals surface area contributed by atoms with Crippen molar-refractivity contribution in [2.24, 2.45) is 0 Å². The van der Waals surface area contributed by atoms with E-state index in [0.29, 0.717) is 6.61 Å². The lowest BCUT2D eigenvalue weighted by atomic mass is 10.2. The minimum Gasteiger partial charge on any atom is -0.493 e. The van der Waals surface area contributed by atoms with Gasteiger partial charge in [0.25, 0.3) is 0 Å². The lowest BCUT2D eigenvalue weighted by Gasteiger charge is -2.12. The maximum absolute atomic E-state index is 5.90. The third-order valence-electron chi connectivity index (χ3n) is 4.60. The van der Waals surface area contributed by atoms with Crippen molar-refractivity contribution in [3.63, 3.8) is 0 Å². The van der Waals surface area contributed by atoms with Gasteiger partial charge in [0.1, 0.15) is 0 Å². The zero-order valence-electron chi connectivity index (χ0n) is 17.0. The maximum atomic E-state index is 5.90. The van der Waals surface area contributed by atoms with Gasteiger partial charge >= 0.3 is 0 Å². The average Bonchev–Trinajstić information content (AvgIpc) is 3.22. The molecule has 1 aromatic heterocycles. The maximum Gasteiger partial charge on any atom is 0.196 e. The average molecular weight is 418 g/mol. The van der Waals surface area contributed by atoms with Crippen molar-refractivity contribution in [3.05, 3.63) is 84.4 Å². The molecule has 0 saturated carbocycles. The Balaban J connectivity index is 1.54. The zero-order valence-corrected chi connectivity index (χ0v) is 17.8. The fraction of sp³-hybridized carbons (Fsp3) is 0.167. The van der Waals surface area contributed by atoms with Gasteiger partial charge in [0.15, 0.2) is 22.5 Å². The van der Waals surface area contributed by atoms with Gasteiger partial charge in [0.05, 0.1) is 13.7 Å². The Labute approximate surface area is 180 Å². The van der Waals surface area contributed by atoms with Crippen LogP contribution in [0.5, 0.6) is 11.5 Å². The van der Waals surface area contributed by atoms with Gasteiger partial charge in [-0.3, -0.25) is 4.57 Å². The van der Waals surface area contributed by atoms with Crippen molar-refractivity contribution in [3.8, 4) is 28.6 Å². The number of methoxy groups -OCH3 is 1. The molecule has 6 heteroatoms. The Kier molecular flexibility index (Phi) is 6.35. The van der Waals surface area contributed by atoms with E-state index in [-0.39, 0.29) is 0 Å². The van der Waals surface area contributed by atoms with Crippen LogP contribution < -0.4 is 9.47 Å². The summed E-state index contributed by atoms with van der Waals surface area (Å²) in [6.07, 6.45) is 0. The number of thioether (sulfide) groups is 1. The zero-order chi connectivity index (χ0) is 20.8. The van der Waals surface area contributed by atoms with Gasteiger partial charge < -0.3 is 9.47 Å². The summed E-state index contributed by atoms with van der Waals surface area (Å²) in [5.74, 6) is 3.03.